The first-order valence-corrected chi connectivity index (χ1v) is 11.9. The van der Waals surface area contributed by atoms with Crippen LogP contribution in [0.3, 0.4) is 0 Å². The molecule has 1 fully saturated rings. The second kappa shape index (κ2) is 8.39. The lowest BCUT2D eigenvalue weighted by Gasteiger charge is -2.30. The van der Waals surface area contributed by atoms with Gasteiger partial charge in [0.05, 0.1) is 4.88 Å². The molecule has 1 aliphatic rings. The molecule has 0 spiro atoms. The second-order valence-electron chi connectivity index (χ2n) is 8.52. The molecule has 6 nitrogen and oxygen atoms in total. The third-order valence-corrected chi connectivity index (χ3v) is 7.62. The highest BCUT2D eigenvalue weighted by molar-refractivity contribution is 7.21. The Morgan fingerprint density at radius 1 is 1.16 bits per heavy atom. The van der Waals surface area contributed by atoms with Gasteiger partial charge in [-0.2, -0.15) is 0 Å². The smallest absolute Gasteiger partial charge is 0.274 e. The minimum atomic E-state index is -0.400. The maximum absolute atomic E-state index is 13.6. The summed E-state index contributed by atoms with van der Waals surface area (Å²) in [5.41, 5.74) is 9.01. The van der Waals surface area contributed by atoms with Gasteiger partial charge in [-0.15, -0.1) is 11.3 Å². The summed E-state index contributed by atoms with van der Waals surface area (Å²) in [7, 11) is 0. The number of likely N-dealkylation sites (tertiary alicyclic amines) is 1. The molecule has 2 amide bonds. The zero-order valence-electron chi connectivity index (χ0n) is 18.1. The predicted octanol–water partition coefficient (Wildman–Crippen LogP) is 4.58. The molecule has 164 valence electrons. The van der Waals surface area contributed by atoms with Gasteiger partial charge in [-0.25, -0.2) is 4.98 Å². The van der Waals surface area contributed by atoms with Gasteiger partial charge in [-0.1, -0.05) is 37.1 Å². The van der Waals surface area contributed by atoms with Crippen molar-refractivity contribution in [3.63, 3.8) is 0 Å². The van der Waals surface area contributed by atoms with Crippen LogP contribution in [0.1, 0.15) is 57.0 Å². The van der Waals surface area contributed by atoms with Gasteiger partial charge in [0.2, 0.25) is 0 Å². The second-order valence-corrected chi connectivity index (χ2v) is 9.58. The van der Waals surface area contributed by atoms with Crippen LogP contribution in [-0.2, 0) is 6.42 Å². The Kier molecular flexibility index (Phi) is 5.43. The van der Waals surface area contributed by atoms with E-state index in [0.29, 0.717) is 23.5 Å². The van der Waals surface area contributed by atoms with E-state index in [1.807, 2.05) is 65.0 Å². The standard InChI is InChI=1S/C25H26N4O2S/c1-16-8-7-12-28-15-20(27-24(16)28)25(31)29-13-6-2-3-9-17(29)14-19-18-10-4-5-11-21(18)32-22(19)23(26)30/h4-5,7-8,10-12,15,17H,2-3,6,9,13-14H2,1H3,(H2,26,30)/t17-/m0/s1. The van der Waals surface area contributed by atoms with Crippen LogP contribution in [-0.4, -0.2) is 38.7 Å². The Morgan fingerprint density at radius 2 is 2.00 bits per heavy atom. The molecule has 32 heavy (non-hydrogen) atoms. The first kappa shape index (κ1) is 20.7. The number of primary amides is 1. The molecular weight excluding hydrogens is 420 g/mol. The predicted molar refractivity (Wildman–Crippen MR) is 127 cm³/mol. The number of nitrogens with zero attached hydrogens (tertiary/aromatic N) is 3. The van der Waals surface area contributed by atoms with E-state index < -0.39 is 5.91 Å². The van der Waals surface area contributed by atoms with Gasteiger partial charge in [-0.05, 0) is 54.8 Å². The number of aromatic nitrogens is 2. The third-order valence-electron chi connectivity index (χ3n) is 6.40. The molecule has 1 aromatic carbocycles. The minimum Gasteiger partial charge on any atom is -0.365 e. The van der Waals surface area contributed by atoms with E-state index >= 15 is 0 Å². The van der Waals surface area contributed by atoms with Gasteiger partial charge in [0, 0.05) is 29.7 Å². The average Bonchev–Trinajstić information content (AvgIpc) is 3.30. The van der Waals surface area contributed by atoms with Crippen LogP contribution >= 0.6 is 11.3 Å². The molecule has 4 heterocycles. The van der Waals surface area contributed by atoms with Crippen molar-refractivity contribution < 1.29 is 9.59 Å². The highest BCUT2D eigenvalue weighted by Crippen LogP contribution is 2.34. The summed E-state index contributed by atoms with van der Waals surface area (Å²) in [5.74, 6) is -0.441. The lowest BCUT2D eigenvalue weighted by molar-refractivity contribution is 0.0677. The van der Waals surface area contributed by atoms with Crippen LogP contribution in [0, 0.1) is 6.92 Å². The van der Waals surface area contributed by atoms with E-state index in [1.54, 1.807) is 0 Å². The molecule has 0 unspecified atom stereocenters. The van der Waals surface area contributed by atoms with Gasteiger partial charge in [0.25, 0.3) is 11.8 Å². The van der Waals surface area contributed by atoms with Crippen LogP contribution < -0.4 is 5.73 Å². The van der Waals surface area contributed by atoms with Crippen molar-refractivity contribution >= 4 is 38.9 Å². The van der Waals surface area contributed by atoms with Crippen molar-refractivity contribution in [1.29, 1.82) is 0 Å². The van der Waals surface area contributed by atoms with Crippen LogP contribution in [0.4, 0.5) is 0 Å². The normalized spacial score (nSPS) is 17.0. The first-order chi connectivity index (χ1) is 15.5. The molecule has 0 aliphatic carbocycles. The molecule has 4 aromatic rings. The lowest BCUT2D eigenvalue weighted by Crippen LogP contribution is -2.41. The van der Waals surface area contributed by atoms with Gasteiger partial charge in [-0.3, -0.25) is 9.59 Å². The number of thiophene rings is 1. The van der Waals surface area contributed by atoms with Crippen molar-refractivity contribution in [2.45, 2.75) is 45.1 Å². The largest absolute Gasteiger partial charge is 0.365 e. The molecule has 3 aromatic heterocycles. The SMILES string of the molecule is Cc1cccn2cc(C(=O)N3CCCCC[C@H]3Cc3c(C(N)=O)sc4ccccc34)nc12. The third kappa shape index (κ3) is 3.66. The van der Waals surface area contributed by atoms with Crippen molar-refractivity contribution in [3.05, 3.63) is 70.5 Å². The zero-order chi connectivity index (χ0) is 22.2. The van der Waals surface area contributed by atoms with E-state index in [1.165, 1.54) is 11.3 Å². The summed E-state index contributed by atoms with van der Waals surface area (Å²) < 4.78 is 2.96. The van der Waals surface area contributed by atoms with E-state index in [9.17, 15) is 9.59 Å². The van der Waals surface area contributed by atoms with Crippen molar-refractivity contribution in [2.75, 3.05) is 6.54 Å². The number of rotatable bonds is 4. The van der Waals surface area contributed by atoms with Crippen LogP contribution in [0.25, 0.3) is 15.7 Å². The molecule has 1 aliphatic heterocycles. The molecule has 0 saturated carbocycles. The minimum absolute atomic E-state index is 0.00650. The van der Waals surface area contributed by atoms with E-state index in [0.717, 1.165) is 52.5 Å². The Morgan fingerprint density at radius 3 is 2.81 bits per heavy atom. The number of nitrogens with two attached hydrogens (primary N) is 1. The van der Waals surface area contributed by atoms with Crippen LogP contribution in [0.15, 0.2) is 48.8 Å². The van der Waals surface area contributed by atoms with E-state index in [2.05, 4.69) is 4.98 Å². The van der Waals surface area contributed by atoms with Gasteiger partial charge in [0.15, 0.2) is 0 Å². The maximum atomic E-state index is 13.6. The maximum Gasteiger partial charge on any atom is 0.274 e. The first-order valence-electron chi connectivity index (χ1n) is 11.1. The molecule has 2 N–H and O–H groups in total. The zero-order valence-corrected chi connectivity index (χ0v) is 18.9. The number of aryl methyl sites for hydroxylation is 1. The fourth-order valence-electron chi connectivity index (χ4n) is 4.80. The summed E-state index contributed by atoms with van der Waals surface area (Å²) in [6.07, 6.45) is 8.40. The number of hydrogen-bond donors (Lipinski definition) is 1. The Balaban J connectivity index is 1.52. The fourth-order valence-corrected chi connectivity index (χ4v) is 5.88. The molecule has 7 heteroatoms. The van der Waals surface area contributed by atoms with E-state index in [-0.39, 0.29) is 11.9 Å². The van der Waals surface area contributed by atoms with E-state index in [4.69, 9.17) is 5.73 Å². The number of pyridine rings is 1. The number of benzene rings is 1. The van der Waals surface area contributed by atoms with Crippen molar-refractivity contribution in [3.8, 4) is 0 Å². The van der Waals surface area contributed by atoms with Crippen molar-refractivity contribution in [1.82, 2.24) is 14.3 Å². The number of amides is 2. The molecule has 1 saturated heterocycles. The van der Waals surface area contributed by atoms with Crippen LogP contribution in [0.2, 0.25) is 0 Å². The summed E-state index contributed by atoms with van der Waals surface area (Å²) in [6, 6.07) is 12.0. The van der Waals surface area contributed by atoms with Gasteiger partial charge in [0.1, 0.15) is 11.3 Å². The lowest BCUT2D eigenvalue weighted by atomic mass is 9.97. The highest BCUT2D eigenvalue weighted by Gasteiger charge is 2.30. The Hall–Kier alpha value is -3.19. The van der Waals surface area contributed by atoms with Gasteiger partial charge < -0.3 is 15.0 Å². The summed E-state index contributed by atoms with van der Waals surface area (Å²) in [4.78, 5) is 33.0. The Bertz CT molecular complexity index is 1320. The highest BCUT2D eigenvalue weighted by atomic mass is 32.1. The number of carbonyl (C=O) groups is 2. The number of fused-ring (bicyclic) bond motifs is 2. The summed E-state index contributed by atoms with van der Waals surface area (Å²) in [6.45, 7) is 2.70. The molecule has 5 rings (SSSR count). The topological polar surface area (TPSA) is 80.7 Å². The number of carbonyl (C=O) groups excluding carboxylic acids is 2. The molecular formula is C25H26N4O2S. The van der Waals surface area contributed by atoms with Crippen molar-refractivity contribution in [2.24, 2.45) is 5.73 Å². The Labute approximate surface area is 190 Å². The fraction of sp³-hybridized carbons (Fsp3) is 0.320. The monoisotopic (exact) mass is 446 g/mol. The molecule has 0 radical (unpaired) electrons. The quantitative estimate of drug-likeness (QED) is 0.498. The van der Waals surface area contributed by atoms with Gasteiger partial charge >= 0.3 is 0 Å². The van der Waals surface area contributed by atoms with Crippen LogP contribution in [0.5, 0.6) is 0 Å². The molecule has 1 atom stereocenters. The number of hydrogen-bond acceptors (Lipinski definition) is 4. The molecule has 0 bridgehead atoms. The number of imidazole rings is 1. The average molecular weight is 447 g/mol. The summed E-state index contributed by atoms with van der Waals surface area (Å²) >= 11 is 1.44. The summed E-state index contributed by atoms with van der Waals surface area (Å²) in [5, 5.41) is 1.06.